The maximum atomic E-state index is 12.2. The Hall–Kier alpha value is -2.98. The first-order valence-corrected chi connectivity index (χ1v) is 8.23. The number of fused-ring (bicyclic) bond motifs is 1. The summed E-state index contributed by atoms with van der Waals surface area (Å²) < 4.78 is 0. The third-order valence-electron chi connectivity index (χ3n) is 3.97. The summed E-state index contributed by atoms with van der Waals surface area (Å²) in [5.74, 6) is -0.233. The lowest BCUT2D eigenvalue weighted by Gasteiger charge is -2.15. The van der Waals surface area contributed by atoms with E-state index in [4.69, 9.17) is 0 Å². The molecular formula is C21H20N2O2. The van der Waals surface area contributed by atoms with Gasteiger partial charge in [0, 0.05) is 23.2 Å². The monoisotopic (exact) mass is 332 g/mol. The van der Waals surface area contributed by atoms with Crippen LogP contribution >= 0.6 is 0 Å². The van der Waals surface area contributed by atoms with Crippen LogP contribution in [-0.2, 0) is 11.2 Å². The molecule has 0 aliphatic carbocycles. The van der Waals surface area contributed by atoms with Gasteiger partial charge in [-0.05, 0) is 24.1 Å². The molecule has 0 radical (unpaired) electrons. The van der Waals surface area contributed by atoms with Gasteiger partial charge in [-0.3, -0.25) is 9.78 Å². The molecule has 4 heteroatoms. The molecule has 0 spiro atoms. The molecule has 0 saturated heterocycles. The molecule has 2 aromatic carbocycles. The predicted molar refractivity (Wildman–Crippen MR) is 99.9 cm³/mol. The summed E-state index contributed by atoms with van der Waals surface area (Å²) in [6.45, 7) is -0.107. The molecule has 1 heterocycles. The lowest BCUT2D eigenvalue weighted by atomic mass is 10.1. The smallest absolute Gasteiger partial charge is 0.244 e. The minimum absolute atomic E-state index is 0.107. The number of benzene rings is 2. The first-order chi connectivity index (χ1) is 12.3. The summed E-state index contributed by atoms with van der Waals surface area (Å²) in [6, 6.07) is 19.2. The number of aromatic nitrogens is 1. The number of amides is 1. The topological polar surface area (TPSA) is 62.2 Å². The molecule has 1 unspecified atom stereocenters. The SMILES string of the molecule is O=C(/C=C/c1cccc2cccnc12)NC(CO)Cc1ccccc1. The summed E-state index contributed by atoms with van der Waals surface area (Å²) in [4.78, 5) is 16.6. The largest absolute Gasteiger partial charge is 0.394 e. The number of pyridine rings is 1. The van der Waals surface area contributed by atoms with Crippen molar-refractivity contribution in [3.63, 3.8) is 0 Å². The predicted octanol–water partition coefficient (Wildman–Crippen LogP) is 2.97. The van der Waals surface area contributed by atoms with Gasteiger partial charge >= 0.3 is 0 Å². The van der Waals surface area contributed by atoms with Gasteiger partial charge in [0.25, 0.3) is 0 Å². The number of carbonyl (C=O) groups is 1. The Kier molecular flexibility index (Phi) is 5.54. The minimum atomic E-state index is -0.315. The minimum Gasteiger partial charge on any atom is -0.394 e. The highest BCUT2D eigenvalue weighted by Crippen LogP contribution is 2.17. The van der Waals surface area contributed by atoms with E-state index in [1.807, 2.05) is 60.7 Å². The fraction of sp³-hybridized carbons (Fsp3) is 0.143. The van der Waals surface area contributed by atoms with Crippen molar-refractivity contribution < 1.29 is 9.90 Å². The van der Waals surface area contributed by atoms with Crippen molar-refractivity contribution in [2.75, 3.05) is 6.61 Å². The lowest BCUT2D eigenvalue weighted by Crippen LogP contribution is -2.38. The van der Waals surface area contributed by atoms with Crippen LogP contribution in [0.2, 0.25) is 0 Å². The zero-order valence-electron chi connectivity index (χ0n) is 13.8. The number of para-hydroxylation sites is 1. The highest BCUT2D eigenvalue weighted by atomic mass is 16.3. The number of nitrogens with one attached hydrogen (secondary N) is 1. The Morgan fingerprint density at radius 2 is 1.88 bits per heavy atom. The van der Waals surface area contributed by atoms with Gasteiger partial charge in [0.05, 0.1) is 18.2 Å². The average molecular weight is 332 g/mol. The van der Waals surface area contributed by atoms with Crippen LogP contribution in [0, 0.1) is 0 Å². The van der Waals surface area contributed by atoms with Crippen LogP contribution in [-0.4, -0.2) is 28.6 Å². The molecule has 3 rings (SSSR count). The van der Waals surface area contributed by atoms with Crippen molar-refractivity contribution in [2.45, 2.75) is 12.5 Å². The average Bonchev–Trinajstić information content (AvgIpc) is 2.66. The zero-order valence-corrected chi connectivity index (χ0v) is 13.8. The summed E-state index contributed by atoms with van der Waals surface area (Å²) in [5.41, 5.74) is 2.82. The number of nitrogens with zero attached hydrogens (tertiary/aromatic N) is 1. The molecule has 0 aliphatic rings. The van der Waals surface area contributed by atoms with E-state index in [0.717, 1.165) is 22.0 Å². The number of aliphatic hydroxyl groups is 1. The van der Waals surface area contributed by atoms with Crippen LogP contribution in [0.4, 0.5) is 0 Å². The Labute approximate surface area is 146 Å². The van der Waals surface area contributed by atoms with E-state index >= 15 is 0 Å². The number of hydrogen-bond acceptors (Lipinski definition) is 3. The molecule has 2 N–H and O–H groups in total. The van der Waals surface area contributed by atoms with E-state index < -0.39 is 0 Å². The zero-order chi connectivity index (χ0) is 17.5. The number of aliphatic hydroxyl groups excluding tert-OH is 1. The maximum Gasteiger partial charge on any atom is 0.244 e. The highest BCUT2D eigenvalue weighted by molar-refractivity contribution is 5.95. The van der Waals surface area contributed by atoms with Gasteiger partial charge < -0.3 is 10.4 Å². The van der Waals surface area contributed by atoms with Crippen LogP contribution in [0.25, 0.3) is 17.0 Å². The van der Waals surface area contributed by atoms with E-state index in [-0.39, 0.29) is 18.6 Å². The van der Waals surface area contributed by atoms with Crippen LogP contribution in [0.3, 0.4) is 0 Å². The normalized spacial score (nSPS) is 12.4. The third kappa shape index (κ3) is 4.52. The van der Waals surface area contributed by atoms with Gasteiger partial charge in [0.1, 0.15) is 0 Å². The van der Waals surface area contributed by atoms with Crippen molar-refractivity contribution in [3.8, 4) is 0 Å². The molecule has 0 fully saturated rings. The van der Waals surface area contributed by atoms with Crippen molar-refractivity contribution >= 4 is 22.9 Å². The van der Waals surface area contributed by atoms with Crippen LogP contribution in [0.1, 0.15) is 11.1 Å². The molecule has 3 aromatic rings. The van der Waals surface area contributed by atoms with Crippen molar-refractivity contribution in [1.29, 1.82) is 0 Å². The molecule has 4 nitrogen and oxygen atoms in total. The summed E-state index contributed by atoms with van der Waals surface area (Å²) in [6.07, 6.45) is 5.56. The van der Waals surface area contributed by atoms with Gasteiger partial charge in [-0.2, -0.15) is 0 Å². The van der Waals surface area contributed by atoms with Crippen LogP contribution in [0.5, 0.6) is 0 Å². The lowest BCUT2D eigenvalue weighted by molar-refractivity contribution is -0.117. The Morgan fingerprint density at radius 3 is 2.68 bits per heavy atom. The van der Waals surface area contributed by atoms with Crippen molar-refractivity contribution in [1.82, 2.24) is 10.3 Å². The summed E-state index contributed by atoms with van der Waals surface area (Å²) in [7, 11) is 0. The van der Waals surface area contributed by atoms with Gasteiger partial charge in [0.2, 0.25) is 5.91 Å². The number of hydrogen-bond donors (Lipinski definition) is 2. The van der Waals surface area contributed by atoms with Crippen molar-refractivity contribution in [2.24, 2.45) is 0 Å². The molecule has 1 atom stereocenters. The molecule has 0 bridgehead atoms. The Morgan fingerprint density at radius 1 is 1.08 bits per heavy atom. The third-order valence-corrected chi connectivity index (χ3v) is 3.97. The molecule has 25 heavy (non-hydrogen) atoms. The standard InChI is InChI=1S/C21H20N2O2/c24-15-19(14-16-6-2-1-3-7-16)23-20(25)12-11-18-9-4-8-17-10-5-13-22-21(17)18/h1-13,19,24H,14-15H2,(H,23,25)/b12-11+. The Balaban J connectivity index is 1.67. The quantitative estimate of drug-likeness (QED) is 0.682. The molecule has 1 aromatic heterocycles. The number of carbonyl (C=O) groups excluding carboxylic acids is 1. The second-order valence-corrected chi connectivity index (χ2v) is 5.83. The first kappa shape index (κ1) is 16.9. The van der Waals surface area contributed by atoms with E-state index in [1.54, 1.807) is 12.3 Å². The van der Waals surface area contributed by atoms with Gasteiger partial charge in [-0.15, -0.1) is 0 Å². The fourth-order valence-electron chi connectivity index (χ4n) is 2.74. The molecule has 1 amide bonds. The summed E-state index contributed by atoms with van der Waals surface area (Å²) in [5, 5.41) is 13.4. The van der Waals surface area contributed by atoms with E-state index in [0.29, 0.717) is 6.42 Å². The van der Waals surface area contributed by atoms with Crippen LogP contribution < -0.4 is 5.32 Å². The maximum absolute atomic E-state index is 12.2. The molecular weight excluding hydrogens is 312 g/mol. The van der Waals surface area contributed by atoms with Crippen molar-refractivity contribution in [3.05, 3.63) is 84.1 Å². The first-order valence-electron chi connectivity index (χ1n) is 8.23. The van der Waals surface area contributed by atoms with E-state index in [1.165, 1.54) is 6.08 Å². The van der Waals surface area contributed by atoms with E-state index in [9.17, 15) is 9.90 Å². The van der Waals surface area contributed by atoms with Gasteiger partial charge in [-0.1, -0.05) is 54.6 Å². The van der Waals surface area contributed by atoms with E-state index in [2.05, 4.69) is 10.3 Å². The second-order valence-electron chi connectivity index (χ2n) is 5.83. The highest BCUT2D eigenvalue weighted by Gasteiger charge is 2.10. The second kappa shape index (κ2) is 8.22. The van der Waals surface area contributed by atoms with Gasteiger partial charge in [0.15, 0.2) is 0 Å². The fourth-order valence-corrected chi connectivity index (χ4v) is 2.74. The Bertz CT molecular complexity index is 870. The van der Waals surface area contributed by atoms with Gasteiger partial charge in [-0.25, -0.2) is 0 Å². The molecule has 0 saturated carbocycles. The van der Waals surface area contributed by atoms with Crippen LogP contribution in [0.15, 0.2) is 72.9 Å². The number of rotatable bonds is 6. The summed E-state index contributed by atoms with van der Waals surface area (Å²) >= 11 is 0. The molecule has 126 valence electrons. The molecule has 0 aliphatic heterocycles.